The van der Waals surface area contributed by atoms with Crippen LogP contribution < -0.4 is 10.6 Å². The second-order valence-corrected chi connectivity index (χ2v) is 4.30. The van der Waals surface area contributed by atoms with E-state index in [4.69, 9.17) is 20.4 Å². The first kappa shape index (κ1) is 22.5. The molecule has 0 unspecified atom stereocenters. The SMILES string of the molecule is O=C(O)[C@@H]1CC[C@H](O)N1.O=C(O)[C@@H]1CC[C@H](O)N1.[Ag].[Ag]. The van der Waals surface area contributed by atoms with E-state index in [1.54, 1.807) is 0 Å². The van der Waals surface area contributed by atoms with Crippen molar-refractivity contribution in [2.24, 2.45) is 0 Å². The van der Waals surface area contributed by atoms with Gasteiger partial charge in [0.05, 0.1) is 0 Å². The fourth-order valence-electron chi connectivity index (χ4n) is 1.84. The molecule has 0 bridgehead atoms. The van der Waals surface area contributed by atoms with Gasteiger partial charge in [0.2, 0.25) is 0 Å². The number of nitrogens with one attached hydrogen (secondary N) is 2. The smallest absolute Gasteiger partial charge is 0.320 e. The maximum Gasteiger partial charge on any atom is 0.320 e. The van der Waals surface area contributed by atoms with Gasteiger partial charge in [-0.05, 0) is 25.7 Å². The first-order valence-electron chi connectivity index (χ1n) is 5.74. The summed E-state index contributed by atoms with van der Waals surface area (Å²) in [6, 6.07) is -1.08. The van der Waals surface area contributed by atoms with Crippen molar-refractivity contribution in [3.8, 4) is 0 Å². The van der Waals surface area contributed by atoms with Gasteiger partial charge in [-0.25, -0.2) is 0 Å². The van der Waals surface area contributed by atoms with Crippen molar-refractivity contribution in [2.75, 3.05) is 0 Å². The van der Waals surface area contributed by atoms with Crippen molar-refractivity contribution >= 4 is 11.9 Å². The molecule has 8 nitrogen and oxygen atoms in total. The van der Waals surface area contributed by atoms with Crippen molar-refractivity contribution in [3.63, 3.8) is 0 Å². The molecule has 2 saturated heterocycles. The van der Waals surface area contributed by atoms with Crippen LogP contribution in [-0.2, 0) is 54.3 Å². The normalized spacial score (nSPS) is 31.3. The Labute approximate surface area is 147 Å². The molecular weight excluding hydrogens is 460 g/mol. The third-order valence-corrected chi connectivity index (χ3v) is 2.84. The number of aliphatic hydroxyl groups is 2. The van der Waals surface area contributed by atoms with Crippen LogP contribution in [0.1, 0.15) is 25.7 Å². The van der Waals surface area contributed by atoms with Crippen LogP contribution in [0, 0.1) is 0 Å². The van der Waals surface area contributed by atoms with Gasteiger partial charge >= 0.3 is 11.9 Å². The van der Waals surface area contributed by atoms with Crippen molar-refractivity contribution in [1.29, 1.82) is 0 Å². The zero-order valence-corrected chi connectivity index (χ0v) is 13.3. The molecule has 0 aromatic heterocycles. The number of carboxylic acids is 2. The zero-order valence-electron chi connectivity index (χ0n) is 10.3. The maximum atomic E-state index is 10.2. The van der Waals surface area contributed by atoms with Crippen molar-refractivity contribution in [1.82, 2.24) is 10.6 Å². The Hall–Kier alpha value is 0.261. The Balaban J connectivity index is 0. The fraction of sp³-hybridized carbons (Fsp3) is 0.800. The molecular formula is C10H18Ag2N2O6. The molecule has 0 saturated carbocycles. The van der Waals surface area contributed by atoms with E-state index in [0.29, 0.717) is 25.7 Å². The number of aliphatic carboxylic acids is 2. The topological polar surface area (TPSA) is 139 Å². The van der Waals surface area contributed by atoms with Crippen LogP contribution >= 0.6 is 0 Å². The van der Waals surface area contributed by atoms with E-state index < -0.39 is 36.5 Å². The summed E-state index contributed by atoms with van der Waals surface area (Å²) >= 11 is 0. The summed E-state index contributed by atoms with van der Waals surface area (Å²) in [7, 11) is 0. The van der Waals surface area contributed by atoms with E-state index >= 15 is 0 Å². The average Bonchev–Trinajstić information content (AvgIpc) is 2.88. The van der Waals surface area contributed by atoms with Gasteiger partial charge in [0.25, 0.3) is 0 Å². The van der Waals surface area contributed by atoms with Gasteiger partial charge in [0.1, 0.15) is 24.5 Å². The summed E-state index contributed by atoms with van der Waals surface area (Å²) in [6.45, 7) is 0. The van der Waals surface area contributed by atoms with Gasteiger partial charge in [-0.1, -0.05) is 0 Å². The van der Waals surface area contributed by atoms with E-state index in [9.17, 15) is 9.59 Å². The molecule has 4 atom stereocenters. The standard InChI is InChI=1S/2C5H9NO3.2Ag/c2*7-4-2-1-3(6-4)5(8)9;;/h2*3-4,6-7H,1-2H2,(H,8,9);;/t2*3-,4-;;/m00../s1. The minimum absolute atomic E-state index is 0. The van der Waals surface area contributed by atoms with Gasteiger partial charge in [0.15, 0.2) is 0 Å². The Morgan fingerprint density at radius 2 is 1.05 bits per heavy atom. The van der Waals surface area contributed by atoms with Crippen LogP contribution in [0.25, 0.3) is 0 Å². The van der Waals surface area contributed by atoms with Crippen molar-refractivity contribution in [2.45, 2.75) is 50.2 Å². The Bertz CT molecular complexity index is 290. The molecule has 0 aliphatic carbocycles. The molecule has 2 heterocycles. The number of carbonyl (C=O) groups is 2. The molecule has 2 aliphatic heterocycles. The average molecular weight is 478 g/mol. The number of carboxylic acid groups (broad SMARTS) is 2. The summed E-state index contributed by atoms with van der Waals surface area (Å²) < 4.78 is 0. The van der Waals surface area contributed by atoms with Crippen molar-refractivity contribution in [3.05, 3.63) is 0 Å². The van der Waals surface area contributed by atoms with Gasteiger partial charge < -0.3 is 20.4 Å². The Kier molecular flexibility index (Phi) is 12.3. The Morgan fingerprint density at radius 1 is 0.750 bits per heavy atom. The molecule has 2 fully saturated rings. The summed E-state index contributed by atoms with van der Waals surface area (Å²) in [5.41, 5.74) is 0. The molecule has 126 valence electrons. The van der Waals surface area contributed by atoms with Crippen LogP contribution in [0.5, 0.6) is 0 Å². The van der Waals surface area contributed by atoms with Gasteiger partial charge in [0, 0.05) is 44.8 Å². The quantitative estimate of drug-likeness (QED) is 0.258. The summed E-state index contributed by atoms with van der Waals surface area (Å²) in [4.78, 5) is 20.3. The number of aliphatic hydroxyl groups excluding tert-OH is 2. The van der Waals surface area contributed by atoms with E-state index in [-0.39, 0.29) is 44.8 Å². The van der Waals surface area contributed by atoms with Crippen LogP contribution in [0.2, 0.25) is 0 Å². The van der Waals surface area contributed by atoms with E-state index in [0.717, 1.165) is 0 Å². The second-order valence-electron chi connectivity index (χ2n) is 4.30. The van der Waals surface area contributed by atoms with Crippen LogP contribution in [0.15, 0.2) is 0 Å². The van der Waals surface area contributed by atoms with Crippen LogP contribution in [0.4, 0.5) is 0 Å². The van der Waals surface area contributed by atoms with Gasteiger partial charge in [-0.3, -0.25) is 20.2 Å². The van der Waals surface area contributed by atoms with Gasteiger partial charge in [-0.15, -0.1) is 0 Å². The number of rotatable bonds is 2. The first-order chi connectivity index (χ1) is 8.40. The first-order valence-corrected chi connectivity index (χ1v) is 5.74. The molecule has 2 radical (unpaired) electrons. The molecule has 2 rings (SSSR count). The van der Waals surface area contributed by atoms with E-state index in [2.05, 4.69) is 10.6 Å². The number of hydrogen-bond donors (Lipinski definition) is 6. The minimum Gasteiger partial charge on any atom is -0.480 e. The minimum atomic E-state index is -0.883. The molecule has 2 aliphatic rings. The molecule has 6 N–H and O–H groups in total. The molecule has 0 aromatic rings. The fourth-order valence-corrected chi connectivity index (χ4v) is 1.84. The summed E-state index contributed by atoms with van der Waals surface area (Å²) in [6.07, 6.45) is 0.887. The summed E-state index contributed by atoms with van der Waals surface area (Å²) in [5, 5.41) is 39.3. The van der Waals surface area contributed by atoms with Crippen molar-refractivity contribution < 1.29 is 74.8 Å². The largest absolute Gasteiger partial charge is 0.480 e. The summed E-state index contributed by atoms with van der Waals surface area (Å²) in [5.74, 6) is -1.77. The van der Waals surface area contributed by atoms with E-state index in [1.165, 1.54) is 0 Å². The number of hydrogen-bond acceptors (Lipinski definition) is 6. The van der Waals surface area contributed by atoms with E-state index in [1.807, 2.05) is 0 Å². The second kappa shape index (κ2) is 10.9. The third kappa shape index (κ3) is 7.89. The predicted octanol–water partition coefficient (Wildman–Crippen LogP) is -1.72. The zero-order chi connectivity index (χ0) is 13.7. The molecule has 20 heavy (non-hydrogen) atoms. The molecule has 0 aromatic carbocycles. The predicted molar refractivity (Wildman–Crippen MR) is 59.6 cm³/mol. The molecule has 10 heteroatoms. The van der Waals surface area contributed by atoms with Crippen LogP contribution in [-0.4, -0.2) is 56.9 Å². The van der Waals surface area contributed by atoms with Crippen LogP contribution in [0.3, 0.4) is 0 Å². The Morgan fingerprint density at radius 3 is 1.15 bits per heavy atom. The molecule has 0 spiro atoms. The third-order valence-electron chi connectivity index (χ3n) is 2.84. The monoisotopic (exact) mass is 476 g/mol. The molecule has 0 amide bonds. The maximum absolute atomic E-state index is 10.2. The van der Waals surface area contributed by atoms with Gasteiger partial charge in [-0.2, -0.15) is 0 Å².